The van der Waals surface area contributed by atoms with E-state index in [4.69, 9.17) is 0 Å². The van der Waals surface area contributed by atoms with Crippen LogP contribution in [0.1, 0.15) is 11.1 Å². The highest BCUT2D eigenvalue weighted by Crippen LogP contribution is 2.44. The molecule has 1 aliphatic rings. The minimum atomic E-state index is 0.875. The monoisotopic (exact) mass is 394 g/mol. The van der Waals surface area contributed by atoms with Gasteiger partial charge < -0.3 is 0 Å². The van der Waals surface area contributed by atoms with Crippen molar-refractivity contribution in [1.29, 1.82) is 0 Å². The van der Waals surface area contributed by atoms with Crippen LogP contribution >= 0.6 is 43.6 Å². The molecule has 0 nitrogen and oxygen atoms in total. The first kappa shape index (κ1) is 13.5. The fourth-order valence-electron chi connectivity index (χ4n) is 2.36. The third-order valence-corrected chi connectivity index (χ3v) is 5.55. The van der Waals surface area contributed by atoms with Crippen LogP contribution in [0, 0.1) is 0 Å². The lowest BCUT2D eigenvalue weighted by atomic mass is 9.97. The van der Waals surface area contributed by atoms with E-state index in [0.717, 1.165) is 10.7 Å². The zero-order valence-corrected chi connectivity index (χ0v) is 14.2. The fraction of sp³-hybridized carbons (Fsp3) is 0.125. The summed E-state index contributed by atoms with van der Waals surface area (Å²) in [7, 11) is 0. The van der Waals surface area contributed by atoms with E-state index in [9.17, 15) is 0 Å². The highest BCUT2D eigenvalue weighted by Gasteiger charge is 2.20. The largest absolute Gasteiger partial charge is 0.0888 e. The lowest BCUT2D eigenvalue weighted by Crippen LogP contribution is -1.94. The van der Waals surface area contributed by atoms with Crippen molar-refractivity contribution in [1.82, 2.24) is 0 Å². The number of allylic oxidation sites excluding steroid dienone is 2. The minimum absolute atomic E-state index is 0.875. The molecule has 0 saturated carbocycles. The number of alkyl halides is 2. The van der Waals surface area contributed by atoms with Crippen LogP contribution in [0.25, 0.3) is 11.1 Å². The summed E-state index contributed by atoms with van der Waals surface area (Å²) in [6, 6.07) is 17.3. The number of halogens is 2. The first-order valence-electron chi connectivity index (χ1n) is 6.05. The van der Waals surface area contributed by atoms with Gasteiger partial charge in [0.1, 0.15) is 0 Å². The van der Waals surface area contributed by atoms with Crippen molar-refractivity contribution in [3.05, 3.63) is 59.7 Å². The SMILES string of the molecule is BrCC1=C(CBr)c2ccccc2Sc2ccccc21. The first-order valence-corrected chi connectivity index (χ1v) is 9.11. The van der Waals surface area contributed by atoms with Gasteiger partial charge in [-0.05, 0) is 34.4 Å². The summed E-state index contributed by atoms with van der Waals surface area (Å²) >= 11 is 9.18. The number of rotatable bonds is 2. The molecule has 0 saturated heterocycles. The second kappa shape index (κ2) is 5.86. The maximum atomic E-state index is 3.66. The average Bonchev–Trinajstić information content (AvgIpc) is 2.60. The summed E-state index contributed by atoms with van der Waals surface area (Å²) in [6.45, 7) is 0. The van der Waals surface area contributed by atoms with Crippen molar-refractivity contribution in [3.8, 4) is 0 Å². The Morgan fingerprint density at radius 2 is 1.11 bits per heavy atom. The topological polar surface area (TPSA) is 0 Å². The van der Waals surface area contributed by atoms with Crippen molar-refractivity contribution in [2.45, 2.75) is 9.79 Å². The molecular formula is C16H12Br2S. The molecule has 1 heterocycles. The van der Waals surface area contributed by atoms with Gasteiger partial charge in [-0.1, -0.05) is 80.0 Å². The van der Waals surface area contributed by atoms with Crippen molar-refractivity contribution in [2.24, 2.45) is 0 Å². The third kappa shape index (κ3) is 2.44. The molecule has 0 aliphatic carbocycles. The number of benzene rings is 2. The molecule has 0 fully saturated rings. The van der Waals surface area contributed by atoms with Gasteiger partial charge in [-0.25, -0.2) is 0 Å². The van der Waals surface area contributed by atoms with Crippen molar-refractivity contribution in [2.75, 3.05) is 10.7 Å². The summed E-state index contributed by atoms with van der Waals surface area (Å²) in [5.41, 5.74) is 5.44. The summed E-state index contributed by atoms with van der Waals surface area (Å²) in [5, 5.41) is 1.75. The highest BCUT2D eigenvalue weighted by atomic mass is 79.9. The van der Waals surface area contributed by atoms with E-state index in [0.29, 0.717) is 0 Å². The molecule has 0 aromatic heterocycles. The van der Waals surface area contributed by atoms with Crippen LogP contribution in [0.4, 0.5) is 0 Å². The first-order chi connectivity index (χ1) is 9.35. The molecule has 3 heteroatoms. The van der Waals surface area contributed by atoms with Crippen LogP contribution in [-0.2, 0) is 0 Å². The van der Waals surface area contributed by atoms with Crippen LogP contribution in [0.3, 0.4) is 0 Å². The molecule has 0 amide bonds. The number of hydrogen-bond acceptors (Lipinski definition) is 1. The minimum Gasteiger partial charge on any atom is -0.0888 e. The maximum absolute atomic E-state index is 3.66. The summed E-state index contributed by atoms with van der Waals surface area (Å²) in [6.07, 6.45) is 0. The van der Waals surface area contributed by atoms with Gasteiger partial charge in [0.25, 0.3) is 0 Å². The molecule has 2 aromatic carbocycles. The Kier molecular flexibility index (Phi) is 4.15. The number of hydrogen-bond donors (Lipinski definition) is 0. The highest BCUT2D eigenvalue weighted by molar-refractivity contribution is 9.09. The maximum Gasteiger partial charge on any atom is 0.0292 e. The van der Waals surface area contributed by atoms with Crippen LogP contribution < -0.4 is 0 Å². The van der Waals surface area contributed by atoms with Gasteiger partial charge in [0.15, 0.2) is 0 Å². The predicted octanol–water partition coefficient (Wildman–Crippen LogP) is 5.85. The molecule has 96 valence electrons. The molecule has 1 aliphatic heterocycles. The Balaban J connectivity index is 2.34. The Hall–Kier alpha value is -0.510. The summed E-state index contributed by atoms with van der Waals surface area (Å²) < 4.78 is 0. The Labute approximate surface area is 134 Å². The molecule has 0 atom stereocenters. The van der Waals surface area contributed by atoms with Crippen LogP contribution in [-0.4, -0.2) is 10.7 Å². The van der Waals surface area contributed by atoms with E-state index >= 15 is 0 Å². The van der Waals surface area contributed by atoms with E-state index in [2.05, 4.69) is 80.4 Å². The second-order valence-electron chi connectivity index (χ2n) is 4.32. The van der Waals surface area contributed by atoms with Crippen LogP contribution in [0.15, 0.2) is 58.3 Å². The molecule has 0 unspecified atom stereocenters. The van der Waals surface area contributed by atoms with Gasteiger partial charge in [0, 0.05) is 20.5 Å². The average molecular weight is 396 g/mol. The van der Waals surface area contributed by atoms with Crippen molar-refractivity contribution in [3.63, 3.8) is 0 Å². The Morgan fingerprint density at radius 1 is 0.684 bits per heavy atom. The smallest absolute Gasteiger partial charge is 0.0292 e. The molecular weight excluding hydrogens is 384 g/mol. The molecule has 0 N–H and O–H groups in total. The van der Waals surface area contributed by atoms with Gasteiger partial charge >= 0.3 is 0 Å². The van der Waals surface area contributed by atoms with Gasteiger partial charge in [0.05, 0.1) is 0 Å². The standard InChI is InChI=1S/C16H12Br2S/c17-9-13-11-5-1-3-7-15(11)19-16-8-4-2-6-12(16)14(13)10-18/h1-8H,9-10H2. The molecule has 19 heavy (non-hydrogen) atoms. The lowest BCUT2D eigenvalue weighted by molar-refractivity contribution is 1.37. The summed E-state index contributed by atoms with van der Waals surface area (Å²) in [5.74, 6) is 0. The van der Waals surface area contributed by atoms with Gasteiger partial charge in [0.2, 0.25) is 0 Å². The van der Waals surface area contributed by atoms with E-state index < -0.39 is 0 Å². The molecule has 3 rings (SSSR count). The molecule has 0 radical (unpaired) electrons. The molecule has 0 spiro atoms. The zero-order valence-electron chi connectivity index (χ0n) is 10.2. The van der Waals surface area contributed by atoms with E-state index in [-0.39, 0.29) is 0 Å². The quantitative estimate of drug-likeness (QED) is 0.574. The van der Waals surface area contributed by atoms with Gasteiger partial charge in [-0.15, -0.1) is 0 Å². The fourth-order valence-corrected chi connectivity index (χ4v) is 4.77. The second-order valence-corrected chi connectivity index (χ2v) is 6.52. The predicted molar refractivity (Wildman–Crippen MR) is 91.4 cm³/mol. The number of fused-ring (bicyclic) bond motifs is 2. The Bertz CT molecular complexity index is 591. The van der Waals surface area contributed by atoms with Gasteiger partial charge in [-0.3, -0.25) is 0 Å². The van der Waals surface area contributed by atoms with Crippen molar-refractivity contribution >= 4 is 54.8 Å². The zero-order chi connectivity index (χ0) is 13.2. The van der Waals surface area contributed by atoms with E-state index in [1.807, 2.05) is 11.8 Å². The van der Waals surface area contributed by atoms with E-state index in [1.165, 1.54) is 32.1 Å². The van der Waals surface area contributed by atoms with Gasteiger partial charge in [-0.2, -0.15) is 0 Å². The molecule has 2 aromatic rings. The van der Waals surface area contributed by atoms with E-state index in [1.54, 1.807) is 0 Å². The normalized spacial score (nSPS) is 13.8. The van der Waals surface area contributed by atoms with Crippen molar-refractivity contribution < 1.29 is 0 Å². The van der Waals surface area contributed by atoms with Crippen LogP contribution in [0.5, 0.6) is 0 Å². The molecule has 0 bridgehead atoms. The summed E-state index contributed by atoms with van der Waals surface area (Å²) in [4.78, 5) is 2.67. The third-order valence-electron chi connectivity index (χ3n) is 3.28. The Morgan fingerprint density at radius 3 is 1.53 bits per heavy atom. The lowest BCUT2D eigenvalue weighted by Gasteiger charge is -2.11. The van der Waals surface area contributed by atoms with Crippen LogP contribution in [0.2, 0.25) is 0 Å².